The summed E-state index contributed by atoms with van der Waals surface area (Å²) in [6, 6.07) is 6.24. The number of hydrogen-bond acceptors (Lipinski definition) is 4. The number of anilines is 2. The average Bonchev–Trinajstić information content (AvgIpc) is 2.78. The molecule has 1 aliphatic rings. The first-order valence-corrected chi connectivity index (χ1v) is 5.72. The number of hydrogen-bond donors (Lipinski definition) is 3. The van der Waals surface area contributed by atoms with Gasteiger partial charge < -0.3 is 21.5 Å². The Balaban J connectivity index is 2.26. The molecule has 1 unspecified atom stereocenters. The van der Waals surface area contributed by atoms with E-state index in [4.69, 9.17) is 11.5 Å². The first-order valence-electron chi connectivity index (χ1n) is 5.72. The third-order valence-electron chi connectivity index (χ3n) is 3.28. The van der Waals surface area contributed by atoms with Crippen LogP contribution in [0.2, 0.25) is 0 Å². The maximum absolute atomic E-state index is 9.19. The number of rotatable bonds is 3. The summed E-state index contributed by atoms with van der Waals surface area (Å²) in [4.78, 5) is 2.30. The van der Waals surface area contributed by atoms with Crippen molar-refractivity contribution < 1.29 is 5.11 Å². The molecule has 1 atom stereocenters. The van der Waals surface area contributed by atoms with Crippen molar-refractivity contribution in [2.75, 3.05) is 23.7 Å². The second kappa shape index (κ2) is 4.72. The van der Waals surface area contributed by atoms with Crippen LogP contribution in [0.4, 0.5) is 11.4 Å². The molecule has 1 saturated heterocycles. The number of benzene rings is 1. The number of aliphatic hydroxyl groups excluding tert-OH is 1. The summed E-state index contributed by atoms with van der Waals surface area (Å²) >= 11 is 0. The minimum atomic E-state index is -0.0131. The van der Waals surface area contributed by atoms with E-state index in [0.29, 0.717) is 18.3 Å². The first-order chi connectivity index (χ1) is 7.76. The molecule has 1 fully saturated rings. The van der Waals surface area contributed by atoms with Crippen LogP contribution in [0.3, 0.4) is 0 Å². The van der Waals surface area contributed by atoms with Crippen molar-refractivity contribution in [3.05, 3.63) is 23.8 Å². The van der Waals surface area contributed by atoms with Crippen LogP contribution in [0.25, 0.3) is 0 Å². The highest BCUT2D eigenvalue weighted by Gasteiger charge is 2.23. The fraction of sp³-hybridized carbons (Fsp3) is 0.500. The highest BCUT2D eigenvalue weighted by Crippen LogP contribution is 2.27. The van der Waals surface area contributed by atoms with E-state index in [1.807, 2.05) is 18.2 Å². The van der Waals surface area contributed by atoms with Crippen LogP contribution in [0.15, 0.2) is 18.2 Å². The molecule has 0 radical (unpaired) electrons. The van der Waals surface area contributed by atoms with Gasteiger partial charge in [-0.15, -0.1) is 0 Å². The smallest absolute Gasteiger partial charge is 0.0702 e. The zero-order valence-corrected chi connectivity index (χ0v) is 9.39. The van der Waals surface area contributed by atoms with Crippen molar-refractivity contribution in [2.24, 2.45) is 5.73 Å². The van der Waals surface area contributed by atoms with Gasteiger partial charge >= 0.3 is 0 Å². The largest absolute Gasteiger partial charge is 0.398 e. The quantitative estimate of drug-likeness (QED) is 0.656. The van der Waals surface area contributed by atoms with Crippen molar-refractivity contribution in [2.45, 2.75) is 25.5 Å². The molecule has 0 bridgehead atoms. The maximum atomic E-state index is 9.19. The second-order valence-corrected chi connectivity index (χ2v) is 4.27. The standard InChI is InChI=1S/C12H19N3O/c13-7-11-2-1-5-15(11)10-3-4-12(14)9(6-10)8-16/h3-4,6,11,16H,1-2,5,7-8,13-14H2. The van der Waals surface area contributed by atoms with Crippen LogP contribution < -0.4 is 16.4 Å². The topological polar surface area (TPSA) is 75.5 Å². The zero-order valence-electron chi connectivity index (χ0n) is 9.39. The summed E-state index contributed by atoms with van der Waals surface area (Å²) in [6.45, 7) is 1.70. The highest BCUT2D eigenvalue weighted by atomic mass is 16.3. The maximum Gasteiger partial charge on any atom is 0.0702 e. The molecular weight excluding hydrogens is 202 g/mol. The summed E-state index contributed by atoms with van der Waals surface area (Å²) in [5, 5.41) is 9.19. The molecule has 1 aromatic carbocycles. The van der Waals surface area contributed by atoms with Gasteiger partial charge in [-0.2, -0.15) is 0 Å². The van der Waals surface area contributed by atoms with Gasteiger partial charge in [0.25, 0.3) is 0 Å². The Labute approximate surface area is 95.8 Å². The van der Waals surface area contributed by atoms with Crippen LogP contribution in [0.1, 0.15) is 18.4 Å². The van der Waals surface area contributed by atoms with Crippen LogP contribution in [-0.2, 0) is 6.61 Å². The Hall–Kier alpha value is -1.26. The average molecular weight is 221 g/mol. The molecule has 1 aromatic rings. The molecule has 0 aliphatic carbocycles. The third-order valence-corrected chi connectivity index (χ3v) is 3.28. The monoisotopic (exact) mass is 221 g/mol. The third kappa shape index (κ3) is 1.99. The van der Waals surface area contributed by atoms with Gasteiger partial charge in [0.2, 0.25) is 0 Å². The van der Waals surface area contributed by atoms with Crippen LogP contribution >= 0.6 is 0 Å². The van der Waals surface area contributed by atoms with E-state index in [1.54, 1.807) is 0 Å². The molecule has 4 nitrogen and oxygen atoms in total. The van der Waals surface area contributed by atoms with Crippen molar-refractivity contribution in [3.63, 3.8) is 0 Å². The lowest BCUT2D eigenvalue weighted by Crippen LogP contribution is -2.35. The molecule has 1 heterocycles. The molecule has 0 saturated carbocycles. The van der Waals surface area contributed by atoms with Gasteiger partial charge in [-0.3, -0.25) is 0 Å². The van der Waals surface area contributed by atoms with E-state index in [-0.39, 0.29) is 6.61 Å². The predicted molar refractivity (Wildman–Crippen MR) is 66.2 cm³/mol. The van der Waals surface area contributed by atoms with E-state index in [9.17, 15) is 5.11 Å². The van der Waals surface area contributed by atoms with Gasteiger partial charge in [0.15, 0.2) is 0 Å². The van der Waals surface area contributed by atoms with Crippen molar-refractivity contribution in [1.29, 1.82) is 0 Å². The Morgan fingerprint density at radius 3 is 2.94 bits per heavy atom. The number of aliphatic hydroxyl groups is 1. The predicted octanol–water partition coefficient (Wildman–Crippen LogP) is 0.689. The molecule has 0 aromatic heterocycles. The molecule has 2 rings (SSSR count). The summed E-state index contributed by atoms with van der Waals surface area (Å²) in [6.07, 6.45) is 2.33. The summed E-state index contributed by atoms with van der Waals surface area (Å²) in [5.41, 5.74) is 14.1. The summed E-state index contributed by atoms with van der Waals surface area (Å²) in [7, 11) is 0. The first kappa shape index (κ1) is 11.2. The SMILES string of the molecule is NCC1CCCN1c1ccc(N)c(CO)c1. The summed E-state index contributed by atoms with van der Waals surface area (Å²) in [5.74, 6) is 0. The van der Waals surface area contributed by atoms with E-state index < -0.39 is 0 Å². The lowest BCUT2D eigenvalue weighted by Gasteiger charge is -2.26. The number of nitrogens with zero attached hydrogens (tertiary/aromatic N) is 1. The second-order valence-electron chi connectivity index (χ2n) is 4.27. The van der Waals surface area contributed by atoms with Crippen molar-refractivity contribution in [3.8, 4) is 0 Å². The fourth-order valence-electron chi connectivity index (χ4n) is 2.33. The van der Waals surface area contributed by atoms with E-state index >= 15 is 0 Å². The molecule has 1 aliphatic heterocycles. The highest BCUT2D eigenvalue weighted by molar-refractivity contribution is 5.59. The lowest BCUT2D eigenvalue weighted by atomic mass is 10.1. The lowest BCUT2D eigenvalue weighted by molar-refractivity contribution is 0.282. The van der Waals surface area contributed by atoms with E-state index in [2.05, 4.69) is 4.90 Å². The minimum Gasteiger partial charge on any atom is -0.398 e. The molecule has 5 N–H and O–H groups in total. The van der Waals surface area contributed by atoms with E-state index in [0.717, 1.165) is 24.2 Å². The van der Waals surface area contributed by atoms with Crippen LogP contribution in [0.5, 0.6) is 0 Å². The molecule has 0 spiro atoms. The Morgan fingerprint density at radius 2 is 2.25 bits per heavy atom. The molecule has 88 valence electrons. The molecular formula is C12H19N3O. The van der Waals surface area contributed by atoms with Gasteiger partial charge in [0.05, 0.1) is 6.61 Å². The van der Waals surface area contributed by atoms with Crippen LogP contribution in [0, 0.1) is 0 Å². The Bertz CT molecular complexity index is 367. The molecule has 0 amide bonds. The van der Waals surface area contributed by atoms with Gasteiger partial charge in [0, 0.05) is 36.1 Å². The van der Waals surface area contributed by atoms with Crippen molar-refractivity contribution >= 4 is 11.4 Å². The minimum absolute atomic E-state index is 0.0131. The zero-order chi connectivity index (χ0) is 11.5. The Morgan fingerprint density at radius 1 is 1.44 bits per heavy atom. The van der Waals surface area contributed by atoms with Crippen LogP contribution in [-0.4, -0.2) is 24.2 Å². The van der Waals surface area contributed by atoms with Crippen molar-refractivity contribution in [1.82, 2.24) is 0 Å². The van der Waals surface area contributed by atoms with Gasteiger partial charge in [-0.1, -0.05) is 0 Å². The van der Waals surface area contributed by atoms with Gasteiger partial charge in [-0.05, 0) is 31.0 Å². The van der Waals surface area contributed by atoms with E-state index in [1.165, 1.54) is 6.42 Å². The normalized spacial score (nSPS) is 20.4. The van der Waals surface area contributed by atoms with Gasteiger partial charge in [-0.25, -0.2) is 0 Å². The molecule has 16 heavy (non-hydrogen) atoms. The number of nitrogens with two attached hydrogens (primary N) is 2. The Kier molecular flexibility index (Phi) is 3.31. The number of nitrogen functional groups attached to an aromatic ring is 1. The van der Waals surface area contributed by atoms with Gasteiger partial charge in [0.1, 0.15) is 0 Å². The fourth-order valence-corrected chi connectivity index (χ4v) is 2.33. The molecule has 4 heteroatoms. The summed E-state index contributed by atoms with van der Waals surface area (Å²) < 4.78 is 0.